The number of likely N-dealkylation sites (N-methyl/N-ethyl adjacent to an activating group) is 1. The van der Waals surface area contributed by atoms with Crippen LogP contribution in [0.4, 0.5) is 0 Å². The molecule has 0 aliphatic carbocycles. The topological polar surface area (TPSA) is 33.3 Å². The molecule has 96 valence electrons. The third-order valence-electron chi connectivity index (χ3n) is 3.38. The van der Waals surface area contributed by atoms with Crippen LogP contribution in [-0.2, 0) is 4.74 Å². The van der Waals surface area contributed by atoms with Gasteiger partial charge in [-0.2, -0.15) is 0 Å². The predicted octanol–water partition coefficient (Wildman–Crippen LogP) is 1.78. The van der Waals surface area contributed by atoms with Gasteiger partial charge in [-0.1, -0.05) is 13.8 Å². The molecule has 2 unspecified atom stereocenters. The first-order valence-corrected chi connectivity index (χ1v) is 6.66. The van der Waals surface area contributed by atoms with Crippen molar-refractivity contribution in [3.05, 3.63) is 0 Å². The highest BCUT2D eigenvalue weighted by Crippen LogP contribution is 2.22. The van der Waals surface area contributed by atoms with E-state index in [1.807, 2.05) is 0 Å². The van der Waals surface area contributed by atoms with Crippen LogP contribution in [0.15, 0.2) is 0 Å². The second-order valence-electron chi connectivity index (χ2n) is 5.41. The lowest BCUT2D eigenvalue weighted by Gasteiger charge is -2.27. The Bertz CT molecular complexity index is 194. The summed E-state index contributed by atoms with van der Waals surface area (Å²) in [5.41, 5.74) is 0.190. The highest BCUT2D eigenvalue weighted by Gasteiger charge is 2.26. The Hall–Kier alpha value is -0.120. The van der Waals surface area contributed by atoms with E-state index in [0.717, 1.165) is 32.7 Å². The lowest BCUT2D eigenvalue weighted by atomic mass is 9.99. The molecule has 3 heteroatoms. The van der Waals surface area contributed by atoms with E-state index in [1.54, 1.807) is 0 Å². The molecular formula is C13H28N2O. The molecule has 16 heavy (non-hydrogen) atoms. The summed E-state index contributed by atoms with van der Waals surface area (Å²) in [5.74, 6) is 0.711. The van der Waals surface area contributed by atoms with Crippen molar-refractivity contribution in [1.29, 1.82) is 0 Å². The Morgan fingerprint density at radius 3 is 2.69 bits per heavy atom. The molecule has 3 nitrogen and oxygen atoms in total. The van der Waals surface area contributed by atoms with Gasteiger partial charge in [0.2, 0.25) is 0 Å². The van der Waals surface area contributed by atoms with E-state index in [4.69, 9.17) is 4.74 Å². The zero-order valence-corrected chi connectivity index (χ0v) is 11.3. The quantitative estimate of drug-likeness (QED) is 0.697. The number of hydrogen-bond donors (Lipinski definition) is 2. The fourth-order valence-corrected chi connectivity index (χ4v) is 2.49. The van der Waals surface area contributed by atoms with Gasteiger partial charge in [0.05, 0.1) is 6.10 Å². The molecule has 0 aromatic heterocycles. The molecule has 1 heterocycles. The zero-order valence-electron chi connectivity index (χ0n) is 11.3. The van der Waals surface area contributed by atoms with Crippen molar-refractivity contribution in [3.63, 3.8) is 0 Å². The molecule has 1 aliphatic heterocycles. The van der Waals surface area contributed by atoms with Gasteiger partial charge in [0.15, 0.2) is 0 Å². The lowest BCUT2D eigenvalue weighted by Crippen LogP contribution is -2.48. The minimum absolute atomic E-state index is 0.190. The van der Waals surface area contributed by atoms with Gasteiger partial charge in [-0.15, -0.1) is 0 Å². The first-order valence-electron chi connectivity index (χ1n) is 6.66. The van der Waals surface area contributed by atoms with E-state index in [9.17, 15) is 0 Å². The van der Waals surface area contributed by atoms with Crippen LogP contribution in [0.3, 0.4) is 0 Å². The standard InChI is InChI=1S/C13H28N2O/c1-5-12-11(7-8-16-12)9-14-10-13(3,4)15-6-2/h11-12,14-15H,5-10H2,1-4H3. The molecule has 2 atom stereocenters. The van der Waals surface area contributed by atoms with Crippen LogP contribution in [0, 0.1) is 5.92 Å². The van der Waals surface area contributed by atoms with E-state index in [0.29, 0.717) is 12.0 Å². The Morgan fingerprint density at radius 2 is 2.06 bits per heavy atom. The average molecular weight is 228 g/mol. The summed E-state index contributed by atoms with van der Waals surface area (Å²) in [6.07, 6.45) is 2.84. The Labute approximate surface area is 100 Å². The highest BCUT2D eigenvalue weighted by molar-refractivity contribution is 4.82. The van der Waals surface area contributed by atoms with Crippen LogP contribution < -0.4 is 10.6 Å². The van der Waals surface area contributed by atoms with Crippen molar-refractivity contribution in [2.24, 2.45) is 5.92 Å². The second kappa shape index (κ2) is 6.58. The smallest absolute Gasteiger partial charge is 0.0613 e. The maximum absolute atomic E-state index is 5.69. The first kappa shape index (κ1) is 13.9. The maximum atomic E-state index is 5.69. The molecule has 0 saturated carbocycles. The average Bonchev–Trinajstić information content (AvgIpc) is 2.64. The molecule has 1 rings (SSSR count). The van der Waals surface area contributed by atoms with Gasteiger partial charge in [0.1, 0.15) is 0 Å². The molecule has 1 saturated heterocycles. The summed E-state index contributed by atoms with van der Waals surface area (Å²) in [6.45, 7) is 12.9. The number of nitrogens with one attached hydrogen (secondary N) is 2. The molecule has 0 radical (unpaired) electrons. The fourth-order valence-electron chi connectivity index (χ4n) is 2.49. The van der Waals surface area contributed by atoms with E-state index >= 15 is 0 Å². The van der Waals surface area contributed by atoms with Gasteiger partial charge in [-0.05, 0) is 39.2 Å². The molecular weight excluding hydrogens is 200 g/mol. The van der Waals surface area contributed by atoms with Gasteiger partial charge >= 0.3 is 0 Å². The van der Waals surface area contributed by atoms with E-state index in [-0.39, 0.29) is 5.54 Å². The first-order chi connectivity index (χ1) is 7.59. The van der Waals surface area contributed by atoms with E-state index in [1.165, 1.54) is 6.42 Å². The SMILES string of the molecule is CCNC(C)(C)CNCC1CCOC1CC. The van der Waals surface area contributed by atoms with Crippen LogP contribution in [0.2, 0.25) is 0 Å². The maximum Gasteiger partial charge on any atom is 0.0613 e. The molecule has 0 aromatic rings. The molecule has 0 spiro atoms. The van der Waals surface area contributed by atoms with Gasteiger partial charge in [0.25, 0.3) is 0 Å². The number of ether oxygens (including phenoxy) is 1. The predicted molar refractivity (Wildman–Crippen MR) is 68.8 cm³/mol. The summed E-state index contributed by atoms with van der Waals surface area (Å²) in [6, 6.07) is 0. The Kier molecular flexibility index (Phi) is 5.73. The van der Waals surface area contributed by atoms with Gasteiger partial charge < -0.3 is 15.4 Å². The fraction of sp³-hybridized carbons (Fsp3) is 1.00. The summed E-state index contributed by atoms with van der Waals surface area (Å²) in [7, 11) is 0. The minimum Gasteiger partial charge on any atom is -0.378 e. The number of hydrogen-bond acceptors (Lipinski definition) is 3. The second-order valence-corrected chi connectivity index (χ2v) is 5.41. The summed E-state index contributed by atoms with van der Waals surface area (Å²) in [4.78, 5) is 0. The van der Waals surface area contributed by atoms with Crippen LogP contribution in [0.25, 0.3) is 0 Å². The Balaban J connectivity index is 2.19. The number of rotatable bonds is 7. The molecule has 0 aromatic carbocycles. The van der Waals surface area contributed by atoms with Crippen molar-refractivity contribution in [1.82, 2.24) is 10.6 Å². The molecule has 2 N–H and O–H groups in total. The lowest BCUT2D eigenvalue weighted by molar-refractivity contribution is 0.0869. The molecule has 1 fully saturated rings. The van der Waals surface area contributed by atoms with Crippen molar-refractivity contribution in [2.45, 2.75) is 52.2 Å². The van der Waals surface area contributed by atoms with Gasteiger partial charge in [-0.3, -0.25) is 0 Å². The van der Waals surface area contributed by atoms with Crippen molar-refractivity contribution in [2.75, 3.05) is 26.2 Å². The largest absolute Gasteiger partial charge is 0.378 e. The molecule has 0 bridgehead atoms. The van der Waals surface area contributed by atoms with Crippen molar-refractivity contribution in [3.8, 4) is 0 Å². The van der Waals surface area contributed by atoms with E-state index < -0.39 is 0 Å². The third kappa shape index (κ3) is 4.40. The summed E-state index contributed by atoms with van der Waals surface area (Å²) >= 11 is 0. The zero-order chi connectivity index (χ0) is 12.0. The van der Waals surface area contributed by atoms with Gasteiger partial charge in [-0.25, -0.2) is 0 Å². The Morgan fingerprint density at radius 1 is 1.31 bits per heavy atom. The summed E-state index contributed by atoms with van der Waals surface area (Å²) < 4.78 is 5.69. The minimum atomic E-state index is 0.190. The monoisotopic (exact) mass is 228 g/mol. The normalized spacial score (nSPS) is 26.2. The van der Waals surface area contributed by atoms with Crippen LogP contribution in [0.5, 0.6) is 0 Å². The van der Waals surface area contributed by atoms with Crippen LogP contribution >= 0.6 is 0 Å². The molecule has 1 aliphatic rings. The van der Waals surface area contributed by atoms with Crippen molar-refractivity contribution >= 4 is 0 Å². The van der Waals surface area contributed by atoms with E-state index in [2.05, 4.69) is 38.3 Å². The summed E-state index contributed by atoms with van der Waals surface area (Å²) in [5, 5.41) is 7.05. The third-order valence-corrected chi connectivity index (χ3v) is 3.38. The molecule has 0 amide bonds. The van der Waals surface area contributed by atoms with Crippen LogP contribution in [0.1, 0.15) is 40.5 Å². The highest BCUT2D eigenvalue weighted by atomic mass is 16.5. The van der Waals surface area contributed by atoms with Crippen molar-refractivity contribution < 1.29 is 4.74 Å². The van der Waals surface area contributed by atoms with Crippen LogP contribution in [-0.4, -0.2) is 37.9 Å². The van der Waals surface area contributed by atoms with Gasteiger partial charge in [0, 0.05) is 25.2 Å².